The van der Waals surface area contributed by atoms with Crippen LogP contribution in [0.1, 0.15) is 5.56 Å². The number of halogens is 4. The molecule has 0 spiro atoms. The summed E-state index contributed by atoms with van der Waals surface area (Å²) in [6.07, 6.45) is -4.41. The highest BCUT2D eigenvalue weighted by atomic mass is 79.9. The number of hydrogen-bond donors (Lipinski definition) is 1. The van der Waals surface area contributed by atoms with Gasteiger partial charge in [0.15, 0.2) is 0 Å². The number of aromatic nitrogens is 2. The molecule has 2 rings (SSSR count). The molecule has 2 N–H and O–H groups in total. The zero-order valence-corrected chi connectivity index (χ0v) is 10.5. The van der Waals surface area contributed by atoms with E-state index in [-0.39, 0.29) is 9.60 Å². The minimum absolute atomic E-state index is 0.00811. The standard InChI is InChI=1S/C9H5BrF3N3S/c10-6-2-1-4(3-5(6)9(11,12)13)7-15-16-8(14)17-7/h1-3H,(H2,14,16). The molecule has 0 amide bonds. The Morgan fingerprint density at radius 3 is 2.47 bits per heavy atom. The van der Waals surface area contributed by atoms with Gasteiger partial charge in [0.1, 0.15) is 5.01 Å². The van der Waals surface area contributed by atoms with E-state index >= 15 is 0 Å². The number of alkyl halides is 3. The average Bonchev–Trinajstić information content (AvgIpc) is 2.64. The molecule has 0 aliphatic rings. The monoisotopic (exact) mass is 323 g/mol. The molecule has 0 atom stereocenters. The van der Waals surface area contributed by atoms with E-state index in [0.29, 0.717) is 10.6 Å². The van der Waals surface area contributed by atoms with E-state index in [0.717, 1.165) is 17.4 Å². The quantitative estimate of drug-likeness (QED) is 0.872. The van der Waals surface area contributed by atoms with E-state index in [2.05, 4.69) is 26.1 Å². The lowest BCUT2D eigenvalue weighted by Crippen LogP contribution is -2.06. The Hall–Kier alpha value is -1.15. The van der Waals surface area contributed by atoms with Gasteiger partial charge in [0.05, 0.1) is 5.56 Å². The van der Waals surface area contributed by atoms with Gasteiger partial charge in [0, 0.05) is 10.0 Å². The molecule has 0 saturated carbocycles. The van der Waals surface area contributed by atoms with E-state index in [9.17, 15) is 13.2 Å². The molecule has 0 fully saturated rings. The molecular formula is C9H5BrF3N3S. The number of nitrogens with zero attached hydrogens (tertiary/aromatic N) is 2. The fourth-order valence-electron chi connectivity index (χ4n) is 1.23. The third-order valence-corrected chi connectivity index (χ3v) is 3.45. The van der Waals surface area contributed by atoms with Gasteiger partial charge in [0.25, 0.3) is 0 Å². The smallest absolute Gasteiger partial charge is 0.374 e. The number of hydrogen-bond acceptors (Lipinski definition) is 4. The normalized spacial score (nSPS) is 11.8. The van der Waals surface area contributed by atoms with Crippen molar-refractivity contribution in [3.63, 3.8) is 0 Å². The van der Waals surface area contributed by atoms with Crippen molar-refractivity contribution in [1.82, 2.24) is 10.2 Å². The summed E-state index contributed by atoms with van der Waals surface area (Å²) >= 11 is 3.91. The lowest BCUT2D eigenvalue weighted by Gasteiger charge is -2.09. The topological polar surface area (TPSA) is 51.8 Å². The largest absolute Gasteiger partial charge is 0.417 e. The number of nitrogens with two attached hydrogens (primary N) is 1. The average molecular weight is 324 g/mol. The van der Waals surface area contributed by atoms with Crippen molar-refractivity contribution in [2.45, 2.75) is 6.18 Å². The lowest BCUT2D eigenvalue weighted by atomic mass is 10.1. The van der Waals surface area contributed by atoms with Gasteiger partial charge in [-0.05, 0) is 12.1 Å². The van der Waals surface area contributed by atoms with Gasteiger partial charge in [0.2, 0.25) is 5.13 Å². The van der Waals surface area contributed by atoms with Crippen molar-refractivity contribution < 1.29 is 13.2 Å². The van der Waals surface area contributed by atoms with Gasteiger partial charge >= 0.3 is 6.18 Å². The molecule has 0 radical (unpaired) electrons. The minimum Gasteiger partial charge on any atom is -0.374 e. The minimum atomic E-state index is -4.41. The van der Waals surface area contributed by atoms with Crippen LogP contribution in [0.4, 0.5) is 18.3 Å². The van der Waals surface area contributed by atoms with E-state index in [1.165, 1.54) is 12.1 Å². The zero-order valence-electron chi connectivity index (χ0n) is 8.12. The van der Waals surface area contributed by atoms with Crippen LogP contribution in [0.5, 0.6) is 0 Å². The van der Waals surface area contributed by atoms with Crippen LogP contribution in [0.3, 0.4) is 0 Å². The highest BCUT2D eigenvalue weighted by molar-refractivity contribution is 9.10. The number of anilines is 1. The molecule has 8 heteroatoms. The summed E-state index contributed by atoms with van der Waals surface area (Å²) in [5, 5.41) is 7.84. The maximum Gasteiger partial charge on any atom is 0.417 e. The third-order valence-electron chi connectivity index (χ3n) is 1.96. The van der Waals surface area contributed by atoms with Crippen molar-refractivity contribution in [3.05, 3.63) is 28.2 Å². The molecule has 0 unspecified atom stereocenters. The van der Waals surface area contributed by atoms with Gasteiger partial charge in [-0.3, -0.25) is 0 Å². The van der Waals surface area contributed by atoms with Crippen LogP contribution >= 0.6 is 27.3 Å². The summed E-state index contributed by atoms with van der Waals surface area (Å²) in [5.74, 6) is 0. The molecule has 1 aromatic carbocycles. The van der Waals surface area contributed by atoms with Crippen LogP contribution in [0.25, 0.3) is 10.6 Å². The van der Waals surface area contributed by atoms with E-state index < -0.39 is 11.7 Å². The first-order chi connectivity index (χ1) is 7.88. The fourth-order valence-corrected chi connectivity index (χ4v) is 2.30. The molecule has 2 aromatic rings. The Morgan fingerprint density at radius 2 is 1.94 bits per heavy atom. The molecule has 90 valence electrons. The summed E-state index contributed by atoms with van der Waals surface area (Å²) in [6.45, 7) is 0. The van der Waals surface area contributed by atoms with Gasteiger partial charge in [-0.1, -0.05) is 33.3 Å². The van der Waals surface area contributed by atoms with E-state index in [1.807, 2.05) is 0 Å². The summed E-state index contributed by atoms with van der Waals surface area (Å²) in [4.78, 5) is 0. The van der Waals surface area contributed by atoms with Gasteiger partial charge < -0.3 is 5.73 Å². The van der Waals surface area contributed by atoms with E-state index in [4.69, 9.17) is 5.73 Å². The summed E-state index contributed by atoms with van der Waals surface area (Å²) in [5.41, 5.74) is 4.98. The molecule has 0 aliphatic heterocycles. The first kappa shape index (κ1) is 12.3. The van der Waals surface area contributed by atoms with Crippen molar-refractivity contribution in [1.29, 1.82) is 0 Å². The predicted octanol–water partition coefficient (Wildman–Crippen LogP) is 3.57. The van der Waals surface area contributed by atoms with E-state index in [1.54, 1.807) is 0 Å². The predicted molar refractivity (Wildman–Crippen MR) is 62.5 cm³/mol. The second kappa shape index (κ2) is 4.26. The number of benzene rings is 1. The molecule has 0 aliphatic carbocycles. The van der Waals surface area contributed by atoms with Crippen LogP contribution < -0.4 is 5.73 Å². The molecule has 1 heterocycles. The summed E-state index contributed by atoms with van der Waals surface area (Å²) in [7, 11) is 0. The Labute approximate surface area is 107 Å². The highest BCUT2D eigenvalue weighted by Crippen LogP contribution is 2.37. The van der Waals surface area contributed by atoms with Crippen molar-refractivity contribution in [2.75, 3.05) is 5.73 Å². The Bertz CT molecular complexity index is 553. The first-order valence-corrected chi connectivity index (χ1v) is 5.95. The second-order valence-electron chi connectivity index (χ2n) is 3.14. The Kier molecular flexibility index (Phi) is 3.09. The van der Waals surface area contributed by atoms with Crippen molar-refractivity contribution >= 4 is 32.4 Å². The van der Waals surface area contributed by atoms with Crippen LogP contribution in [-0.2, 0) is 6.18 Å². The molecule has 0 saturated heterocycles. The van der Waals surface area contributed by atoms with Crippen LogP contribution in [-0.4, -0.2) is 10.2 Å². The van der Waals surface area contributed by atoms with Crippen molar-refractivity contribution in [3.8, 4) is 10.6 Å². The molecule has 17 heavy (non-hydrogen) atoms. The van der Waals surface area contributed by atoms with Crippen LogP contribution in [0.15, 0.2) is 22.7 Å². The number of nitrogen functional groups attached to an aromatic ring is 1. The summed E-state index contributed by atoms with van der Waals surface area (Å²) in [6, 6.07) is 3.87. The first-order valence-electron chi connectivity index (χ1n) is 4.34. The van der Waals surface area contributed by atoms with Gasteiger partial charge in [-0.2, -0.15) is 13.2 Å². The molecule has 3 nitrogen and oxygen atoms in total. The Balaban J connectivity index is 2.51. The van der Waals surface area contributed by atoms with Gasteiger partial charge in [-0.15, -0.1) is 10.2 Å². The Morgan fingerprint density at radius 1 is 1.24 bits per heavy atom. The van der Waals surface area contributed by atoms with Crippen LogP contribution in [0.2, 0.25) is 0 Å². The maximum absolute atomic E-state index is 12.7. The zero-order chi connectivity index (χ0) is 12.6. The van der Waals surface area contributed by atoms with Crippen LogP contribution in [0, 0.1) is 0 Å². The maximum atomic E-state index is 12.7. The second-order valence-corrected chi connectivity index (χ2v) is 5.00. The molecular weight excluding hydrogens is 319 g/mol. The van der Waals surface area contributed by atoms with Gasteiger partial charge in [-0.25, -0.2) is 0 Å². The summed E-state index contributed by atoms with van der Waals surface area (Å²) < 4.78 is 38.0. The SMILES string of the molecule is Nc1nnc(-c2ccc(Br)c(C(F)(F)F)c2)s1. The third kappa shape index (κ3) is 2.58. The van der Waals surface area contributed by atoms with Crippen molar-refractivity contribution in [2.24, 2.45) is 0 Å². The molecule has 1 aromatic heterocycles. The number of rotatable bonds is 1. The molecule has 0 bridgehead atoms. The fraction of sp³-hybridized carbons (Fsp3) is 0.111. The highest BCUT2D eigenvalue weighted by Gasteiger charge is 2.33. The lowest BCUT2D eigenvalue weighted by molar-refractivity contribution is -0.138.